The van der Waals surface area contributed by atoms with Gasteiger partial charge in [0.2, 0.25) is 11.8 Å². The van der Waals surface area contributed by atoms with Crippen LogP contribution >= 0.6 is 0 Å². The average Bonchev–Trinajstić information content (AvgIpc) is 3.53. The Hall–Kier alpha value is -2.47. The van der Waals surface area contributed by atoms with Crippen molar-refractivity contribution in [2.24, 2.45) is 5.92 Å². The number of benzene rings is 1. The van der Waals surface area contributed by atoms with E-state index in [0.717, 1.165) is 17.9 Å². The summed E-state index contributed by atoms with van der Waals surface area (Å²) in [6.07, 6.45) is 0.805. The highest BCUT2D eigenvalue weighted by Crippen LogP contribution is 2.48. The van der Waals surface area contributed by atoms with Gasteiger partial charge in [-0.3, -0.25) is 4.79 Å². The first kappa shape index (κ1) is 19.8. The van der Waals surface area contributed by atoms with Crippen molar-refractivity contribution < 1.29 is 14.3 Å². The number of morpholine rings is 1. The number of hydrogen-bond donors (Lipinski definition) is 0. The lowest BCUT2D eigenvalue weighted by Gasteiger charge is -2.33. The second kappa shape index (κ2) is 8.49. The SMILES string of the molecule is Cc1cc(OCC2CN(C(=O)[C@@H]3C[C@H]3c3ccccc3)CCO2)nc(C(C)C)n1. The van der Waals surface area contributed by atoms with Gasteiger partial charge in [0.25, 0.3) is 0 Å². The second-order valence-corrected chi connectivity index (χ2v) is 8.31. The molecule has 2 aromatic rings. The number of nitrogens with zero attached hydrogens (tertiary/aromatic N) is 3. The molecule has 1 unspecified atom stereocenters. The molecule has 6 heteroatoms. The van der Waals surface area contributed by atoms with Crippen molar-refractivity contribution in [3.8, 4) is 5.88 Å². The van der Waals surface area contributed by atoms with Crippen LogP contribution in [-0.2, 0) is 9.53 Å². The van der Waals surface area contributed by atoms with Crippen molar-refractivity contribution in [3.63, 3.8) is 0 Å². The van der Waals surface area contributed by atoms with Gasteiger partial charge in [0.15, 0.2) is 0 Å². The fourth-order valence-electron chi connectivity index (χ4n) is 3.86. The zero-order chi connectivity index (χ0) is 20.4. The highest BCUT2D eigenvalue weighted by atomic mass is 16.5. The van der Waals surface area contributed by atoms with Crippen molar-refractivity contribution in [1.29, 1.82) is 0 Å². The summed E-state index contributed by atoms with van der Waals surface area (Å²) >= 11 is 0. The van der Waals surface area contributed by atoms with E-state index in [2.05, 4.69) is 35.9 Å². The molecule has 0 spiro atoms. The van der Waals surface area contributed by atoms with E-state index in [9.17, 15) is 4.79 Å². The van der Waals surface area contributed by atoms with Crippen LogP contribution in [0.4, 0.5) is 0 Å². The molecule has 1 saturated carbocycles. The molecule has 1 aromatic carbocycles. The fraction of sp³-hybridized carbons (Fsp3) is 0.522. The Morgan fingerprint density at radius 2 is 2.07 bits per heavy atom. The number of carbonyl (C=O) groups is 1. The maximum absolute atomic E-state index is 12.9. The summed E-state index contributed by atoms with van der Waals surface area (Å²) in [4.78, 5) is 23.8. The Labute approximate surface area is 172 Å². The summed E-state index contributed by atoms with van der Waals surface area (Å²) in [5, 5.41) is 0. The Morgan fingerprint density at radius 3 is 2.83 bits per heavy atom. The molecule has 0 bridgehead atoms. The van der Waals surface area contributed by atoms with Gasteiger partial charge in [-0.2, -0.15) is 4.98 Å². The molecule has 2 aliphatic rings. The smallest absolute Gasteiger partial charge is 0.226 e. The van der Waals surface area contributed by atoms with Crippen LogP contribution in [0, 0.1) is 12.8 Å². The second-order valence-electron chi connectivity index (χ2n) is 8.31. The van der Waals surface area contributed by atoms with Crippen molar-refractivity contribution in [1.82, 2.24) is 14.9 Å². The quantitative estimate of drug-likeness (QED) is 0.751. The van der Waals surface area contributed by atoms with E-state index in [1.807, 2.05) is 36.1 Å². The van der Waals surface area contributed by atoms with Gasteiger partial charge in [0, 0.05) is 30.1 Å². The minimum Gasteiger partial charge on any atom is -0.475 e. The lowest BCUT2D eigenvalue weighted by molar-refractivity contribution is -0.141. The van der Waals surface area contributed by atoms with Crippen LogP contribution in [0.15, 0.2) is 36.4 Å². The van der Waals surface area contributed by atoms with Crippen molar-refractivity contribution >= 4 is 5.91 Å². The van der Waals surface area contributed by atoms with Gasteiger partial charge in [-0.25, -0.2) is 4.98 Å². The Balaban J connectivity index is 1.32. The van der Waals surface area contributed by atoms with Crippen LogP contribution in [0.25, 0.3) is 0 Å². The Kier molecular flexibility index (Phi) is 5.81. The third-order valence-electron chi connectivity index (χ3n) is 5.57. The predicted molar refractivity (Wildman–Crippen MR) is 110 cm³/mol. The topological polar surface area (TPSA) is 64.5 Å². The van der Waals surface area contributed by atoms with Crippen molar-refractivity contribution in [2.75, 3.05) is 26.3 Å². The summed E-state index contributed by atoms with van der Waals surface area (Å²) in [6.45, 7) is 8.21. The third kappa shape index (κ3) is 4.75. The van der Waals surface area contributed by atoms with Crippen LogP contribution in [-0.4, -0.2) is 53.2 Å². The number of hydrogen-bond acceptors (Lipinski definition) is 5. The average molecular weight is 396 g/mol. The number of aryl methyl sites for hydroxylation is 1. The summed E-state index contributed by atoms with van der Waals surface area (Å²) in [5.74, 6) is 2.30. The monoisotopic (exact) mass is 395 g/mol. The number of amides is 1. The first-order valence-corrected chi connectivity index (χ1v) is 10.4. The van der Waals surface area contributed by atoms with E-state index < -0.39 is 0 Å². The van der Waals surface area contributed by atoms with E-state index in [0.29, 0.717) is 38.1 Å². The maximum Gasteiger partial charge on any atom is 0.226 e. The summed E-state index contributed by atoms with van der Waals surface area (Å²) < 4.78 is 11.7. The zero-order valence-corrected chi connectivity index (χ0v) is 17.4. The largest absolute Gasteiger partial charge is 0.475 e. The molecule has 6 nitrogen and oxygen atoms in total. The van der Waals surface area contributed by atoms with E-state index in [1.54, 1.807) is 0 Å². The maximum atomic E-state index is 12.9. The number of rotatable bonds is 6. The first-order chi connectivity index (χ1) is 14.0. The Bertz CT molecular complexity index is 856. The molecule has 0 N–H and O–H groups in total. The summed E-state index contributed by atoms with van der Waals surface area (Å²) in [7, 11) is 0. The van der Waals surface area contributed by atoms with Crippen molar-refractivity contribution in [3.05, 3.63) is 53.5 Å². The van der Waals surface area contributed by atoms with Gasteiger partial charge in [-0.1, -0.05) is 44.2 Å². The Morgan fingerprint density at radius 1 is 1.28 bits per heavy atom. The van der Waals surface area contributed by atoms with Gasteiger partial charge >= 0.3 is 0 Å². The predicted octanol–water partition coefficient (Wildman–Crippen LogP) is 3.32. The first-order valence-electron chi connectivity index (χ1n) is 10.4. The van der Waals surface area contributed by atoms with Gasteiger partial charge in [-0.15, -0.1) is 0 Å². The molecule has 4 rings (SSSR count). The molecule has 154 valence electrons. The van der Waals surface area contributed by atoms with E-state index in [4.69, 9.17) is 9.47 Å². The molecule has 3 atom stereocenters. The van der Waals surface area contributed by atoms with Crippen LogP contribution in [0.5, 0.6) is 5.88 Å². The van der Waals surface area contributed by atoms with Crippen LogP contribution < -0.4 is 4.74 Å². The molecule has 2 fully saturated rings. The fourth-order valence-corrected chi connectivity index (χ4v) is 3.86. The highest BCUT2D eigenvalue weighted by molar-refractivity contribution is 5.83. The van der Waals surface area contributed by atoms with Gasteiger partial charge in [-0.05, 0) is 24.8 Å². The number of carbonyl (C=O) groups excluding carboxylic acids is 1. The summed E-state index contributed by atoms with van der Waals surface area (Å²) in [5.41, 5.74) is 2.15. The minimum absolute atomic E-state index is 0.107. The normalized spacial score (nSPS) is 23.9. The van der Waals surface area contributed by atoms with Gasteiger partial charge in [0.05, 0.1) is 13.2 Å². The zero-order valence-electron chi connectivity index (χ0n) is 17.4. The minimum atomic E-state index is -0.139. The molecule has 1 aromatic heterocycles. The van der Waals surface area contributed by atoms with Crippen LogP contribution in [0.2, 0.25) is 0 Å². The van der Waals surface area contributed by atoms with Crippen LogP contribution in [0.3, 0.4) is 0 Å². The highest BCUT2D eigenvalue weighted by Gasteiger charge is 2.46. The number of ether oxygens (including phenoxy) is 2. The number of aromatic nitrogens is 2. The molecule has 1 amide bonds. The standard InChI is InChI=1S/C23H29N3O3/c1-15(2)22-24-16(3)11-21(25-22)29-14-18-13-26(9-10-28-18)23(27)20-12-19(20)17-7-5-4-6-8-17/h4-8,11,15,18-20H,9-10,12-14H2,1-3H3/t18?,19-,20+/m0/s1. The van der Waals surface area contributed by atoms with E-state index >= 15 is 0 Å². The van der Waals surface area contributed by atoms with E-state index in [1.165, 1.54) is 5.56 Å². The molecular weight excluding hydrogens is 366 g/mol. The summed E-state index contributed by atoms with van der Waals surface area (Å²) in [6, 6.07) is 12.2. The molecule has 29 heavy (non-hydrogen) atoms. The van der Waals surface area contributed by atoms with Crippen LogP contribution in [0.1, 0.15) is 49.2 Å². The molecule has 1 saturated heterocycles. The molecule has 0 radical (unpaired) electrons. The third-order valence-corrected chi connectivity index (χ3v) is 5.57. The lowest BCUT2D eigenvalue weighted by Crippen LogP contribution is -2.48. The lowest BCUT2D eigenvalue weighted by atomic mass is 10.1. The van der Waals surface area contributed by atoms with Gasteiger partial charge < -0.3 is 14.4 Å². The van der Waals surface area contributed by atoms with Gasteiger partial charge in [0.1, 0.15) is 18.5 Å². The molecule has 1 aliphatic carbocycles. The van der Waals surface area contributed by atoms with E-state index in [-0.39, 0.29) is 23.8 Å². The molecule has 1 aliphatic heterocycles. The molecule has 2 heterocycles. The molecular formula is C23H29N3O3. The van der Waals surface area contributed by atoms with Crippen molar-refractivity contribution in [2.45, 2.75) is 45.1 Å².